The molecule has 0 saturated carbocycles. The van der Waals surface area contributed by atoms with E-state index in [1.54, 1.807) is 18.3 Å². The summed E-state index contributed by atoms with van der Waals surface area (Å²) >= 11 is 1.51. The fourth-order valence-electron chi connectivity index (χ4n) is 4.96. The van der Waals surface area contributed by atoms with Gasteiger partial charge in [-0.3, -0.25) is 9.69 Å². The van der Waals surface area contributed by atoms with Gasteiger partial charge in [-0.05, 0) is 63.1 Å². The second-order valence-electron chi connectivity index (χ2n) is 9.58. The summed E-state index contributed by atoms with van der Waals surface area (Å²) in [5.74, 6) is 1.60. The highest BCUT2D eigenvalue weighted by molar-refractivity contribution is 7.21. The molecular weight excluding hydrogens is 474 g/mol. The molecule has 0 spiro atoms. The van der Waals surface area contributed by atoms with Crippen molar-refractivity contribution in [1.29, 1.82) is 0 Å². The number of amides is 1. The SMILES string of the molecule is CC=CC(=O)N1CCC(Nc2cc(CN3CC(C)OC(C)C3)cc(Nc3nc4cccnc4s3)n2)C1. The number of hydrogen-bond acceptors (Lipinski definition) is 9. The number of fused-ring (bicyclic) bond motifs is 1. The summed E-state index contributed by atoms with van der Waals surface area (Å²) in [6.07, 6.45) is 6.50. The zero-order valence-electron chi connectivity index (χ0n) is 21.0. The van der Waals surface area contributed by atoms with E-state index in [1.807, 2.05) is 24.0 Å². The summed E-state index contributed by atoms with van der Waals surface area (Å²) in [6.45, 7) is 10.1. The molecule has 2 N–H and O–H groups in total. The number of rotatable bonds is 7. The molecular formula is C26H33N7O2S. The molecule has 5 rings (SSSR count). The molecule has 3 atom stereocenters. The maximum atomic E-state index is 12.3. The minimum atomic E-state index is 0.0610. The van der Waals surface area contributed by atoms with Crippen molar-refractivity contribution in [2.24, 2.45) is 0 Å². The Balaban J connectivity index is 1.36. The van der Waals surface area contributed by atoms with Gasteiger partial charge in [0.25, 0.3) is 0 Å². The van der Waals surface area contributed by atoms with Crippen molar-refractivity contribution in [1.82, 2.24) is 24.8 Å². The van der Waals surface area contributed by atoms with E-state index >= 15 is 0 Å². The van der Waals surface area contributed by atoms with Crippen LogP contribution in [0.15, 0.2) is 42.6 Å². The van der Waals surface area contributed by atoms with Gasteiger partial charge in [0, 0.05) is 45.0 Å². The molecule has 36 heavy (non-hydrogen) atoms. The topological polar surface area (TPSA) is 95.5 Å². The molecule has 3 unspecified atom stereocenters. The Morgan fingerprint density at radius 3 is 2.78 bits per heavy atom. The van der Waals surface area contributed by atoms with E-state index in [1.165, 1.54) is 11.3 Å². The van der Waals surface area contributed by atoms with Crippen LogP contribution in [0.25, 0.3) is 10.3 Å². The Labute approximate surface area is 215 Å². The van der Waals surface area contributed by atoms with Crippen LogP contribution >= 0.6 is 11.3 Å². The number of allylic oxidation sites excluding steroid dienone is 1. The Kier molecular flexibility index (Phi) is 7.45. The number of hydrogen-bond donors (Lipinski definition) is 2. The average molecular weight is 508 g/mol. The summed E-state index contributed by atoms with van der Waals surface area (Å²) in [5, 5.41) is 7.73. The molecule has 1 amide bonds. The Morgan fingerprint density at radius 2 is 2.00 bits per heavy atom. The van der Waals surface area contributed by atoms with E-state index in [2.05, 4.69) is 51.5 Å². The molecule has 0 bridgehead atoms. The van der Waals surface area contributed by atoms with Gasteiger partial charge in [-0.1, -0.05) is 17.4 Å². The van der Waals surface area contributed by atoms with Gasteiger partial charge >= 0.3 is 0 Å². The lowest BCUT2D eigenvalue weighted by molar-refractivity contribution is -0.125. The molecule has 5 heterocycles. The summed E-state index contributed by atoms with van der Waals surface area (Å²) in [4.78, 5) is 31.4. The van der Waals surface area contributed by atoms with Crippen LogP contribution in [-0.4, -0.2) is 75.1 Å². The summed E-state index contributed by atoms with van der Waals surface area (Å²) in [5.41, 5.74) is 2.03. The number of nitrogens with zero attached hydrogens (tertiary/aromatic N) is 5. The van der Waals surface area contributed by atoms with Crippen molar-refractivity contribution >= 4 is 44.4 Å². The van der Waals surface area contributed by atoms with Crippen LogP contribution in [-0.2, 0) is 16.1 Å². The van der Waals surface area contributed by atoms with Gasteiger partial charge in [-0.15, -0.1) is 0 Å². The third kappa shape index (κ3) is 6.00. The number of nitrogens with one attached hydrogen (secondary N) is 2. The van der Waals surface area contributed by atoms with E-state index in [9.17, 15) is 4.79 Å². The van der Waals surface area contributed by atoms with Crippen LogP contribution in [0.5, 0.6) is 0 Å². The minimum Gasteiger partial charge on any atom is -0.373 e. The smallest absolute Gasteiger partial charge is 0.246 e. The second kappa shape index (κ2) is 10.9. The molecule has 10 heteroatoms. The zero-order valence-corrected chi connectivity index (χ0v) is 21.8. The lowest BCUT2D eigenvalue weighted by Gasteiger charge is -2.35. The summed E-state index contributed by atoms with van der Waals surface area (Å²) in [7, 11) is 0. The third-order valence-electron chi connectivity index (χ3n) is 6.35. The number of aromatic nitrogens is 3. The molecule has 2 aliphatic rings. The molecule has 2 saturated heterocycles. The maximum Gasteiger partial charge on any atom is 0.246 e. The largest absolute Gasteiger partial charge is 0.373 e. The highest BCUT2D eigenvalue weighted by Gasteiger charge is 2.26. The number of morpholine rings is 1. The number of likely N-dealkylation sites (tertiary alicyclic amines) is 1. The lowest BCUT2D eigenvalue weighted by Crippen LogP contribution is -2.44. The Hall–Kier alpha value is -3.08. The predicted molar refractivity (Wildman–Crippen MR) is 144 cm³/mol. The van der Waals surface area contributed by atoms with Gasteiger partial charge in [0.15, 0.2) is 5.13 Å². The van der Waals surface area contributed by atoms with Crippen molar-refractivity contribution < 1.29 is 9.53 Å². The van der Waals surface area contributed by atoms with Crippen LogP contribution in [0.4, 0.5) is 16.8 Å². The maximum absolute atomic E-state index is 12.3. The zero-order chi connectivity index (χ0) is 25.1. The highest BCUT2D eigenvalue weighted by atomic mass is 32.1. The molecule has 0 aliphatic carbocycles. The minimum absolute atomic E-state index is 0.0610. The highest BCUT2D eigenvalue weighted by Crippen LogP contribution is 2.28. The van der Waals surface area contributed by atoms with Gasteiger partial charge < -0.3 is 20.3 Å². The van der Waals surface area contributed by atoms with Crippen LogP contribution in [0, 0.1) is 0 Å². The van der Waals surface area contributed by atoms with E-state index in [-0.39, 0.29) is 24.2 Å². The molecule has 190 valence electrons. The second-order valence-corrected chi connectivity index (χ2v) is 10.6. The number of ether oxygens (including phenoxy) is 1. The van der Waals surface area contributed by atoms with Crippen molar-refractivity contribution in [3.05, 3.63) is 48.2 Å². The fraction of sp³-hybridized carbons (Fsp3) is 0.462. The molecule has 0 radical (unpaired) electrons. The first-order valence-electron chi connectivity index (χ1n) is 12.5. The standard InChI is InChI=1S/C26H33N7O2S/c1-4-6-24(34)33-10-8-20(16-33)28-22-11-19(15-32-13-17(2)35-18(3)14-32)12-23(30-22)31-26-29-21-7-5-9-27-25(21)36-26/h4-7,9,11-12,17-18,20H,8,10,13-16H2,1-3H3,(H2,28,29,30,31). The first kappa shape index (κ1) is 24.6. The molecule has 0 aromatic carbocycles. The van der Waals surface area contributed by atoms with E-state index in [0.29, 0.717) is 6.54 Å². The van der Waals surface area contributed by atoms with Crippen molar-refractivity contribution in [3.8, 4) is 0 Å². The van der Waals surface area contributed by atoms with Gasteiger partial charge in [0.1, 0.15) is 22.0 Å². The van der Waals surface area contributed by atoms with Crippen LogP contribution in [0.2, 0.25) is 0 Å². The quantitative estimate of drug-likeness (QED) is 0.463. The van der Waals surface area contributed by atoms with Crippen molar-refractivity contribution in [2.75, 3.05) is 36.8 Å². The Morgan fingerprint density at radius 1 is 1.19 bits per heavy atom. The molecule has 9 nitrogen and oxygen atoms in total. The molecule has 2 aliphatic heterocycles. The number of thiazole rings is 1. The van der Waals surface area contributed by atoms with E-state index < -0.39 is 0 Å². The van der Waals surface area contributed by atoms with Gasteiger partial charge in [0.2, 0.25) is 5.91 Å². The predicted octanol–water partition coefficient (Wildman–Crippen LogP) is 4.03. The summed E-state index contributed by atoms with van der Waals surface area (Å²) in [6, 6.07) is 8.22. The molecule has 3 aromatic heterocycles. The third-order valence-corrected chi connectivity index (χ3v) is 7.24. The number of pyridine rings is 2. The van der Waals surface area contributed by atoms with Crippen molar-refractivity contribution in [2.45, 2.75) is 52.0 Å². The first-order valence-corrected chi connectivity index (χ1v) is 13.3. The van der Waals surface area contributed by atoms with E-state index in [4.69, 9.17) is 9.72 Å². The van der Waals surface area contributed by atoms with Gasteiger partial charge in [-0.25, -0.2) is 15.0 Å². The number of carbonyl (C=O) groups is 1. The van der Waals surface area contributed by atoms with Gasteiger partial charge in [0.05, 0.1) is 12.2 Å². The van der Waals surface area contributed by atoms with Gasteiger partial charge in [-0.2, -0.15) is 0 Å². The number of carbonyl (C=O) groups excluding carboxylic acids is 1. The average Bonchev–Trinajstić information content (AvgIpc) is 3.45. The Bertz CT molecular complexity index is 1200. The molecule has 3 aromatic rings. The van der Waals surface area contributed by atoms with Crippen LogP contribution in [0.3, 0.4) is 0 Å². The monoisotopic (exact) mass is 507 g/mol. The normalized spacial score (nSPS) is 23.0. The van der Waals surface area contributed by atoms with Crippen LogP contribution in [0.1, 0.15) is 32.8 Å². The van der Waals surface area contributed by atoms with E-state index in [0.717, 1.165) is 65.3 Å². The fourth-order valence-corrected chi connectivity index (χ4v) is 5.77. The first-order chi connectivity index (χ1) is 17.4. The lowest BCUT2D eigenvalue weighted by atomic mass is 10.1. The summed E-state index contributed by atoms with van der Waals surface area (Å²) < 4.78 is 5.92. The van der Waals surface area contributed by atoms with Crippen molar-refractivity contribution in [3.63, 3.8) is 0 Å². The number of anilines is 3. The van der Waals surface area contributed by atoms with Crippen LogP contribution < -0.4 is 10.6 Å². The molecule has 2 fully saturated rings.